The average Bonchev–Trinajstić information content (AvgIpc) is 2.59. The number of rotatable bonds is 2. The van der Waals surface area contributed by atoms with Crippen molar-refractivity contribution in [1.82, 2.24) is 19.5 Å². The van der Waals surface area contributed by atoms with E-state index in [4.69, 9.17) is 0 Å². The highest BCUT2D eigenvalue weighted by molar-refractivity contribution is 5.65. The Balaban J connectivity index is 2.61. The number of hydrogen-bond acceptors (Lipinski definition) is 3. The Morgan fingerprint density at radius 1 is 1.36 bits per heavy atom. The van der Waals surface area contributed by atoms with Crippen molar-refractivity contribution in [2.45, 2.75) is 33.2 Å². The lowest BCUT2D eigenvalue weighted by molar-refractivity contribution is 0.763. The molecule has 0 aliphatic rings. The van der Waals surface area contributed by atoms with E-state index < -0.39 is 0 Å². The molecule has 0 N–H and O–H groups in total. The lowest BCUT2D eigenvalue weighted by Crippen LogP contribution is -1.99. The van der Waals surface area contributed by atoms with Crippen molar-refractivity contribution in [1.29, 1.82) is 0 Å². The fraction of sp³-hybridized carbons (Fsp3) is 0.500. The van der Waals surface area contributed by atoms with Gasteiger partial charge in [0.05, 0.1) is 18.2 Å². The molecular weight excluding hydrogens is 176 g/mol. The monoisotopic (exact) mass is 190 g/mol. The molecule has 0 saturated heterocycles. The third kappa shape index (κ3) is 1.36. The molecule has 0 aliphatic carbocycles. The molecule has 2 aromatic rings. The van der Waals surface area contributed by atoms with Crippen LogP contribution in [0.3, 0.4) is 0 Å². The summed E-state index contributed by atoms with van der Waals surface area (Å²) in [4.78, 5) is 13.0. The molecule has 2 rings (SSSR count). The molecule has 0 saturated carbocycles. The number of aryl methyl sites for hydroxylation is 1. The molecule has 0 aliphatic heterocycles. The van der Waals surface area contributed by atoms with Crippen molar-refractivity contribution >= 4 is 11.3 Å². The van der Waals surface area contributed by atoms with E-state index in [-0.39, 0.29) is 0 Å². The fourth-order valence-electron chi connectivity index (χ4n) is 1.36. The van der Waals surface area contributed by atoms with Crippen LogP contribution >= 0.6 is 0 Å². The van der Waals surface area contributed by atoms with Crippen molar-refractivity contribution in [3.63, 3.8) is 0 Å². The summed E-state index contributed by atoms with van der Waals surface area (Å²) in [6.07, 6.45) is 3.59. The molecule has 4 heteroatoms. The van der Waals surface area contributed by atoms with Gasteiger partial charge in [0.2, 0.25) is 0 Å². The molecule has 0 unspecified atom stereocenters. The topological polar surface area (TPSA) is 43.6 Å². The highest BCUT2D eigenvalue weighted by Gasteiger charge is 2.07. The minimum atomic E-state index is 0.409. The summed E-state index contributed by atoms with van der Waals surface area (Å²) in [6, 6.07) is 0. The Hall–Kier alpha value is -1.45. The van der Waals surface area contributed by atoms with E-state index >= 15 is 0 Å². The first kappa shape index (κ1) is 9.12. The summed E-state index contributed by atoms with van der Waals surface area (Å²) in [7, 11) is 0. The van der Waals surface area contributed by atoms with Crippen molar-refractivity contribution in [2.75, 3.05) is 0 Å². The van der Waals surface area contributed by atoms with Crippen LogP contribution in [0.25, 0.3) is 11.3 Å². The van der Waals surface area contributed by atoms with Gasteiger partial charge in [0, 0.05) is 6.54 Å². The van der Waals surface area contributed by atoms with E-state index in [9.17, 15) is 0 Å². The van der Waals surface area contributed by atoms with Crippen molar-refractivity contribution in [3.8, 4) is 0 Å². The lowest BCUT2D eigenvalue weighted by Gasteiger charge is -2.03. The molecule has 14 heavy (non-hydrogen) atoms. The van der Waals surface area contributed by atoms with Gasteiger partial charge in [-0.2, -0.15) is 0 Å². The van der Waals surface area contributed by atoms with Gasteiger partial charge in [-0.25, -0.2) is 15.0 Å². The second kappa shape index (κ2) is 3.36. The predicted octanol–water partition coefficient (Wildman–Crippen LogP) is 1.97. The van der Waals surface area contributed by atoms with E-state index in [0.29, 0.717) is 5.92 Å². The maximum Gasteiger partial charge on any atom is 0.197 e. The van der Waals surface area contributed by atoms with Gasteiger partial charge in [-0.05, 0) is 12.8 Å². The molecule has 2 aromatic heterocycles. The summed E-state index contributed by atoms with van der Waals surface area (Å²) < 4.78 is 2.01. The van der Waals surface area contributed by atoms with Gasteiger partial charge in [0.25, 0.3) is 0 Å². The highest BCUT2D eigenvalue weighted by Crippen LogP contribution is 2.14. The largest absolute Gasteiger partial charge is 0.314 e. The SMILES string of the molecule is CCn1cnc2ncc(C(C)C)nc21. The van der Waals surface area contributed by atoms with Crippen molar-refractivity contribution in [3.05, 3.63) is 18.2 Å². The van der Waals surface area contributed by atoms with Crippen LogP contribution in [0.2, 0.25) is 0 Å². The third-order valence-corrected chi connectivity index (χ3v) is 2.28. The maximum absolute atomic E-state index is 4.54. The summed E-state index contributed by atoms with van der Waals surface area (Å²) in [5.74, 6) is 0.409. The number of hydrogen-bond donors (Lipinski definition) is 0. The number of aromatic nitrogens is 4. The zero-order chi connectivity index (χ0) is 10.1. The van der Waals surface area contributed by atoms with Gasteiger partial charge in [0.15, 0.2) is 11.3 Å². The van der Waals surface area contributed by atoms with E-state index in [0.717, 1.165) is 23.5 Å². The summed E-state index contributed by atoms with van der Waals surface area (Å²) in [5.41, 5.74) is 2.64. The normalized spacial score (nSPS) is 11.4. The molecule has 4 nitrogen and oxygen atoms in total. The van der Waals surface area contributed by atoms with Crippen LogP contribution in [0.15, 0.2) is 12.5 Å². The van der Waals surface area contributed by atoms with Crippen LogP contribution in [-0.2, 0) is 6.54 Å². The first-order chi connectivity index (χ1) is 6.72. The Morgan fingerprint density at radius 3 is 2.79 bits per heavy atom. The average molecular weight is 190 g/mol. The zero-order valence-electron chi connectivity index (χ0n) is 8.73. The molecule has 0 bridgehead atoms. The number of fused-ring (bicyclic) bond motifs is 1. The van der Waals surface area contributed by atoms with Crippen molar-refractivity contribution in [2.24, 2.45) is 0 Å². The minimum absolute atomic E-state index is 0.409. The predicted molar refractivity (Wildman–Crippen MR) is 55.1 cm³/mol. The summed E-state index contributed by atoms with van der Waals surface area (Å²) >= 11 is 0. The van der Waals surface area contributed by atoms with Gasteiger partial charge in [-0.1, -0.05) is 13.8 Å². The number of imidazole rings is 1. The molecule has 0 amide bonds. The van der Waals surface area contributed by atoms with Gasteiger partial charge in [-0.3, -0.25) is 0 Å². The highest BCUT2D eigenvalue weighted by atomic mass is 15.1. The van der Waals surface area contributed by atoms with Crippen LogP contribution in [0.1, 0.15) is 32.4 Å². The van der Waals surface area contributed by atoms with Crippen LogP contribution in [-0.4, -0.2) is 19.5 Å². The van der Waals surface area contributed by atoms with E-state index in [1.807, 2.05) is 4.57 Å². The van der Waals surface area contributed by atoms with Gasteiger partial charge in [0.1, 0.15) is 0 Å². The molecule has 0 aromatic carbocycles. The minimum Gasteiger partial charge on any atom is -0.314 e. The number of nitrogens with zero attached hydrogens (tertiary/aromatic N) is 4. The molecule has 2 heterocycles. The van der Waals surface area contributed by atoms with Gasteiger partial charge >= 0.3 is 0 Å². The molecular formula is C10H14N4. The lowest BCUT2D eigenvalue weighted by atomic mass is 10.1. The smallest absolute Gasteiger partial charge is 0.197 e. The Labute approximate surface area is 83.0 Å². The van der Waals surface area contributed by atoms with E-state index in [1.165, 1.54) is 0 Å². The molecule has 74 valence electrons. The Morgan fingerprint density at radius 2 is 2.14 bits per heavy atom. The van der Waals surface area contributed by atoms with Gasteiger partial charge < -0.3 is 4.57 Å². The van der Waals surface area contributed by atoms with Gasteiger partial charge in [-0.15, -0.1) is 0 Å². The standard InChI is InChI=1S/C10H14N4/c1-4-14-6-12-9-10(14)13-8(5-11-9)7(2)3/h5-7H,4H2,1-3H3. The quantitative estimate of drug-likeness (QED) is 0.727. The first-order valence-electron chi connectivity index (χ1n) is 4.90. The molecule has 0 radical (unpaired) electrons. The zero-order valence-corrected chi connectivity index (χ0v) is 8.73. The van der Waals surface area contributed by atoms with E-state index in [2.05, 4.69) is 35.7 Å². The molecule has 0 fully saturated rings. The maximum atomic E-state index is 4.54. The summed E-state index contributed by atoms with van der Waals surface area (Å²) in [6.45, 7) is 7.18. The Bertz CT molecular complexity index is 444. The molecule has 0 spiro atoms. The Kier molecular flexibility index (Phi) is 2.19. The fourth-order valence-corrected chi connectivity index (χ4v) is 1.36. The van der Waals surface area contributed by atoms with Crippen LogP contribution in [0.5, 0.6) is 0 Å². The van der Waals surface area contributed by atoms with Crippen LogP contribution in [0.4, 0.5) is 0 Å². The second-order valence-corrected chi connectivity index (χ2v) is 3.63. The van der Waals surface area contributed by atoms with Crippen LogP contribution in [0, 0.1) is 0 Å². The third-order valence-electron chi connectivity index (χ3n) is 2.28. The summed E-state index contributed by atoms with van der Waals surface area (Å²) in [5, 5.41) is 0. The second-order valence-electron chi connectivity index (χ2n) is 3.63. The first-order valence-corrected chi connectivity index (χ1v) is 4.90. The van der Waals surface area contributed by atoms with Crippen LogP contribution < -0.4 is 0 Å². The van der Waals surface area contributed by atoms with Crippen molar-refractivity contribution < 1.29 is 0 Å². The molecule has 0 atom stereocenters. The van der Waals surface area contributed by atoms with E-state index in [1.54, 1.807) is 12.5 Å².